The van der Waals surface area contributed by atoms with Crippen LogP contribution in [0.2, 0.25) is 0 Å². The molecule has 0 spiro atoms. The summed E-state index contributed by atoms with van der Waals surface area (Å²) in [5, 5.41) is 13.7. The Morgan fingerprint density at radius 2 is 1.81 bits per heavy atom. The number of amides is 1. The molecule has 1 aliphatic rings. The van der Waals surface area contributed by atoms with E-state index in [1.165, 1.54) is 29.8 Å². The van der Waals surface area contributed by atoms with Gasteiger partial charge in [0, 0.05) is 17.7 Å². The zero-order chi connectivity index (χ0) is 22.6. The summed E-state index contributed by atoms with van der Waals surface area (Å²) >= 11 is 6.09. The van der Waals surface area contributed by atoms with Gasteiger partial charge in [-0.05, 0) is 35.3 Å². The van der Waals surface area contributed by atoms with Crippen LogP contribution in [0.3, 0.4) is 0 Å². The summed E-state index contributed by atoms with van der Waals surface area (Å²) in [4.78, 5) is 22.9. The molecule has 2 aromatic rings. The topological polar surface area (TPSA) is 90.7 Å². The van der Waals surface area contributed by atoms with Gasteiger partial charge in [0.05, 0.1) is 9.83 Å². The van der Waals surface area contributed by atoms with Gasteiger partial charge in [-0.1, -0.05) is 56.9 Å². The molecular weight excluding hydrogens is 436 g/mol. The van der Waals surface area contributed by atoms with E-state index in [-0.39, 0.29) is 23.6 Å². The summed E-state index contributed by atoms with van der Waals surface area (Å²) < 4.78 is 11.8. The third-order valence-electron chi connectivity index (χ3n) is 4.46. The fraction of sp³-hybridized carbons (Fsp3) is 0.273. The maximum atomic E-state index is 11.9. The van der Waals surface area contributed by atoms with E-state index in [1.54, 1.807) is 0 Å². The highest BCUT2D eigenvalue weighted by atomic mass is 32.2. The molecule has 1 N–H and O–H groups in total. The summed E-state index contributed by atoms with van der Waals surface area (Å²) in [6.07, 6.45) is 1.54. The molecule has 162 valence electrons. The smallest absolute Gasteiger partial charge is 0.270 e. The van der Waals surface area contributed by atoms with Crippen molar-refractivity contribution in [1.82, 2.24) is 5.32 Å². The lowest BCUT2D eigenvalue weighted by atomic mass is 9.87. The molecule has 0 atom stereocenters. The van der Waals surface area contributed by atoms with Crippen LogP contribution < -0.4 is 14.8 Å². The lowest BCUT2D eigenvalue weighted by molar-refractivity contribution is -0.384. The Morgan fingerprint density at radius 1 is 1.13 bits per heavy atom. The lowest BCUT2D eigenvalue weighted by Gasteiger charge is -2.19. The Morgan fingerprint density at radius 3 is 2.39 bits per heavy atom. The number of nitro groups is 1. The Hall–Kier alpha value is -2.91. The molecule has 0 saturated carbocycles. The predicted molar refractivity (Wildman–Crippen MR) is 126 cm³/mol. The second-order valence-corrected chi connectivity index (χ2v) is 9.52. The van der Waals surface area contributed by atoms with Crippen LogP contribution in [0, 0.1) is 10.1 Å². The summed E-state index contributed by atoms with van der Waals surface area (Å²) in [6, 6.07) is 12.1. The predicted octanol–water partition coefficient (Wildman–Crippen LogP) is 4.84. The number of hydrogen-bond acceptors (Lipinski definition) is 7. The molecule has 7 nitrogen and oxygen atoms in total. The molecule has 0 aromatic heterocycles. The van der Waals surface area contributed by atoms with Crippen molar-refractivity contribution in [2.24, 2.45) is 0 Å². The molecule has 2 aromatic carbocycles. The first-order valence-electron chi connectivity index (χ1n) is 9.53. The molecule has 31 heavy (non-hydrogen) atoms. The van der Waals surface area contributed by atoms with Gasteiger partial charge in [-0.3, -0.25) is 14.9 Å². The highest BCUT2D eigenvalue weighted by Gasteiger charge is 2.23. The largest absolute Gasteiger partial charge is 0.490 e. The average molecular weight is 459 g/mol. The highest BCUT2D eigenvalue weighted by Crippen LogP contribution is 2.31. The van der Waals surface area contributed by atoms with E-state index in [0.717, 1.165) is 17.5 Å². The molecule has 1 heterocycles. The molecule has 1 saturated heterocycles. The van der Waals surface area contributed by atoms with Gasteiger partial charge in [-0.2, -0.15) is 0 Å². The van der Waals surface area contributed by atoms with E-state index < -0.39 is 4.92 Å². The second-order valence-electron chi connectivity index (χ2n) is 7.80. The van der Waals surface area contributed by atoms with E-state index >= 15 is 0 Å². The second kappa shape index (κ2) is 9.49. The van der Waals surface area contributed by atoms with Crippen molar-refractivity contribution >= 4 is 46.0 Å². The number of benzene rings is 2. The van der Waals surface area contributed by atoms with Crippen molar-refractivity contribution in [3.05, 3.63) is 68.6 Å². The molecule has 3 rings (SSSR count). The maximum absolute atomic E-state index is 11.9. The maximum Gasteiger partial charge on any atom is 0.270 e. The minimum Gasteiger partial charge on any atom is -0.490 e. The van der Waals surface area contributed by atoms with Gasteiger partial charge in [-0.15, -0.1) is 0 Å². The molecular formula is C22H22N2O5S2. The quantitative estimate of drug-likeness (QED) is 0.209. The van der Waals surface area contributed by atoms with Crippen molar-refractivity contribution in [2.75, 3.05) is 13.2 Å². The summed E-state index contributed by atoms with van der Waals surface area (Å²) in [7, 11) is 0. The van der Waals surface area contributed by atoms with Crippen LogP contribution in [0.15, 0.2) is 47.4 Å². The number of nitrogens with one attached hydrogen (secondary N) is 1. The third kappa shape index (κ3) is 6.05. The van der Waals surface area contributed by atoms with Gasteiger partial charge in [0.15, 0.2) is 0 Å². The first-order chi connectivity index (χ1) is 14.6. The number of nitrogens with zero attached hydrogens (tertiary/aromatic N) is 1. The van der Waals surface area contributed by atoms with Gasteiger partial charge < -0.3 is 14.8 Å². The summed E-state index contributed by atoms with van der Waals surface area (Å²) in [6.45, 7) is 6.97. The SMILES string of the molecule is CC(C)(C)c1ccc(OCCOc2ccc([N+](=O)[O-])cc2C=C2SC(=S)NC2=O)cc1. The van der Waals surface area contributed by atoms with Gasteiger partial charge in [0.2, 0.25) is 0 Å². The molecule has 0 aliphatic carbocycles. The number of nitro benzene ring substituents is 1. The molecule has 1 fully saturated rings. The number of non-ortho nitro benzene ring substituents is 1. The third-order valence-corrected chi connectivity index (χ3v) is 5.63. The lowest BCUT2D eigenvalue weighted by Crippen LogP contribution is -2.17. The number of thioether (sulfide) groups is 1. The van der Waals surface area contributed by atoms with E-state index in [9.17, 15) is 14.9 Å². The van der Waals surface area contributed by atoms with Crippen LogP contribution in [0.1, 0.15) is 31.9 Å². The number of ether oxygens (including phenoxy) is 2. The Kier molecular flexibility index (Phi) is 6.97. The van der Waals surface area contributed by atoms with Gasteiger partial charge in [0.25, 0.3) is 11.6 Å². The Bertz CT molecular complexity index is 1040. The van der Waals surface area contributed by atoms with Crippen LogP contribution in [0.25, 0.3) is 6.08 Å². The average Bonchev–Trinajstić information content (AvgIpc) is 3.02. The van der Waals surface area contributed by atoms with Crippen molar-refractivity contribution < 1.29 is 19.2 Å². The molecule has 0 radical (unpaired) electrons. The van der Waals surface area contributed by atoms with Crippen molar-refractivity contribution in [3.63, 3.8) is 0 Å². The van der Waals surface area contributed by atoms with Crippen molar-refractivity contribution in [3.8, 4) is 11.5 Å². The van der Waals surface area contributed by atoms with Crippen molar-refractivity contribution in [2.45, 2.75) is 26.2 Å². The number of rotatable bonds is 7. The van der Waals surface area contributed by atoms with Crippen LogP contribution in [0.4, 0.5) is 5.69 Å². The monoisotopic (exact) mass is 458 g/mol. The molecule has 0 bridgehead atoms. The van der Waals surface area contributed by atoms with E-state index in [1.807, 2.05) is 24.3 Å². The number of carbonyl (C=O) groups excluding carboxylic acids is 1. The normalized spacial score (nSPS) is 15.1. The minimum atomic E-state index is -0.497. The van der Waals surface area contributed by atoms with E-state index in [4.69, 9.17) is 21.7 Å². The minimum absolute atomic E-state index is 0.0702. The highest BCUT2D eigenvalue weighted by molar-refractivity contribution is 8.26. The van der Waals surface area contributed by atoms with Crippen LogP contribution in [-0.2, 0) is 10.2 Å². The molecule has 0 unspecified atom stereocenters. The Balaban J connectivity index is 1.67. The van der Waals surface area contributed by atoms with Gasteiger partial charge >= 0.3 is 0 Å². The van der Waals surface area contributed by atoms with Crippen LogP contribution >= 0.6 is 24.0 Å². The van der Waals surface area contributed by atoms with Crippen LogP contribution in [-0.4, -0.2) is 28.4 Å². The standard InChI is InChI=1S/C22H22N2O5S2/c1-22(2,3)15-4-7-17(8-5-15)28-10-11-29-18-9-6-16(24(26)27)12-14(18)13-19-20(25)23-21(30)31-19/h4-9,12-13H,10-11H2,1-3H3,(H,23,25,30). The van der Waals surface area contributed by atoms with Crippen molar-refractivity contribution in [1.29, 1.82) is 0 Å². The number of hydrogen-bond donors (Lipinski definition) is 1. The zero-order valence-corrected chi connectivity index (χ0v) is 19.0. The molecule has 9 heteroatoms. The fourth-order valence-corrected chi connectivity index (χ4v) is 3.85. The first-order valence-corrected chi connectivity index (χ1v) is 10.8. The number of carbonyl (C=O) groups is 1. The summed E-state index contributed by atoms with van der Waals surface area (Å²) in [5.41, 5.74) is 1.61. The summed E-state index contributed by atoms with van der Waals surface area (Å²) in [5.74, 6) is 0.806. The van der Waals surface area contributed by atoms with Gasteiger partial charge in [-0.25, -0.2) is 0 Å². The molecule has 1 aliphatic heterocycles. The zero-order valence-electron chi connectivity index (χ0n) is 17.3. The van der Waals surface area contributed by atoms with E-state index in [0.29, 0.717) is 27.1 Å². The van der Waals surface area contributed by atoms with Gasteiger partial charge in [0.1, 0.15) is 29.0 Å². The van der Waals surface area contributed by atoms with E-state index in [2.05, 4.69) is 26.1 Å². The first kappa shape index (κ1) is 22.8. The number of thiocarbonyl (C=S) groups is 1. The molecule has 1 amide bonds. The van der Waals surface area contributed by atoms with Crippen LogP contribution in [0.5, 0.6) is 11.5 Å². The Labute approximate surface area is 190 Å². The fourth-order valence-electron chi connectivity index (χ4n) is 2.82.